The van der Waals surface area contributed by atoms with Crippen LogP contribution < -0.4 is 15.4 Å². The molecule has 0 spiro atoms. The van der Waals surface area contributed by atoms with Crippen LogP contribution >= 0.6 is 0 Å². The molecule has 2 N–H and O–H groups in total. The number of hydrogen-bond acceptors (Lipinski definition) is 4. The molecule has 1 aromatic rings. The van der Waals surface area contributed by atoms with Gasteiger partial charge in [-0.2, -0.15) is 0 Å². The Bertz CT molecular complexity index is 357. The number of guanidine groups is 1. The summed E-state index contributed by atoms with van der Waals surface area (Å²) in [5.74, 6) is 1.51. The van der Waals surface area contributed by atoms with Gasteiger partial charge in [0.1, 0.15) is 12.4 Å². The number of nitrogens with zero attached hydrogens (tertiary/aromatic N) is 2. The summed E-state index contributed by atoms with van der Waals surface area (Å²) in [6.45, 7) is 5.33. The van der Waals surface area contributed by atoms with E-state index in [1.807, 2.05) is 19.1 Å². The monoisotopic (exact) mass is 266 g/mol. The highest BCUT2D eigenvalue weighted by molar-refractivity contribution is 5.79. The van der Waals surface area contributed by atoms with Crippen molar-refractivity contribution in [1.82, 2.24) is 15.6 Å². The molecule has 0 saturated heterocycles. The SMILES string of the molecule is CCOCCNC(=NC)NCCOc1cccnc1. The van der Waals surface area contributed by atoms with Crippen molar-refractivity contribution < 1.29 is 9.47 Å². The fraction of sp³-hybridized carbons (Fsp3) is 0.538. The summed E-state index contributed by atoms with van der Waals surface area (Å²) in [6.07, 6.45) is 3.41. The van der Waals surface area contributed by atoms with E-state index >= 15 is 0 Å². The quantitative estimate of drug-likeness (QED) is 0.411. The zero-order chi connectivity index (χ0) is 13.8. The predicted molar refractivity (Wildman–Crippen MR) is 75.6 cm³/mol. The fourth-order valence-corrected chi connectivity index (χ4v) is 1.38. The Balaban J connectivity index is 2.09. The van der Waals surface area contributed by atoms with Crippen LogP contribution in [-0.4, -0.2) is 50.9 Å². The van der Waals surface area contributed by atoms with E-state index in [2.05, 4.69) is 20.6 Å². The summed E-state index contributed by atoms with van der Waals surface area (Å²) in [7, 11) is 1.73. The van der Waals surface area contributed by atoms with Crippen LogP contribution in [0.4, 0.5) is 0 Å². The molecule has 106 valence electrons. The minimum atomic E-state index is 0.553. The first-order valence-corrected chi connectivity index (χ1v) is 6.42. The third-order valence-electron chi connectivity index (χ3n) is 2.26. The van der Waals surface area contributed by atoms with E-state index in [1.54, 1.807) is 19.4 Å². The van der Waals surface area contributed by atoms with Gasteiger partial charge in [0.2, 0.25) is 0 Å². The van der Waals surface area contributed by atoms with Crippen molar-refractivity contribution in [3.05, 3.63) is 24.5 Å². The van der Waals surface area contributed by atoms with Crippen molar-refractivity contribution in [3.63, 3.8) is 0 Å². The number of aromatic nitrogens is 1. The molecule has 0 fully saturated rings. The first kappa shape index (κ1) is 15.2. The molecule has 1 aromatic heterocycles. The molecule has 0 bridgehead atoms. The third-order valence-corrected chi connectivity index (χ3v) is 2.26. The Kier molecular flexibility index (Phi) is 8.13. The van der Waals surface area contributed by atoms with Crippen LogP contribution in [0.1, 0.15) is 6.92 Å². The van der Waals surface area contributed by atoms with Gasteiger partial charge in [0.05, 0.1) is 19.3 Å². The van der Waals surface area contributed by atoms with E-state index in [1.165, 1.54) is 0 Å². The number of aliphatic imine (C=N–C) groups is 1. The molecule has 0 unspecified atom stereocenters. The van der Waals surface area contributed by atoms with Crippen molar-refractivity contribution >= 4 is 5.96 Å². The number of pyridine rings is 1. The minimum Gasteiger partial charge on any atom is -0.490 e. The van der Waals surface area contributed by atoms with Crippen LogP contribution in [0.5, 0.6) is 5.75 Å². The van der Waals surface area contributed by atoms with Crippen molar-refractivity contribution in [1.29, 1.82) is 0 Å². The van der Waals surface area contributed by atoms with Gasteiger partial charge in [-0.1, -0.05) is 0 Å². The molecule has 6 nitrogen and oxygen atoms in total. The molecule has 0 amide bonds. The summed E-state index contributed by atoms with van der Waals surface area (Å²) in [5.41, 5.74) is 0. The van der Waals surface area contributed by atoms with Gasteiger partial charge in [-0.25, -0.2) is 0 Å². The van der Waals surface area contributed by atoms with Crippen molar-refractivity contribution in [2.45, 2.75) is 6.92 Å². The second-order valence-electron chi connectivity index (χ2n) is 3.66. The van der Waals surface area contributed by atoms with Crippen LogP contribution in [0.2, 0.25) is 0 Å². The maximum Gasteiger partial charge on any atom is 0.191 e. The van der Waals surface area contributed by atoms with Crippen LogP contribution in [0.25, 0.3) is 0 Å². The van der Waals surface area contributed by atoms with E-state index in [0.29, 0.717) is 19.8 Å². The second-order valence-corrected chi connectivity index (χ2v) is 3.66. The molecule has 0 aliphatic carbocycles. The van der Waals surface area contributed by atoms with Gasteiger partial charge in [-0.3, -0.25) is 9.98 Å². The smallest absolute Gasteiger partial charge is 0.191 e. The molecular formula is C13H22N4O2. The fourth-order valence-electron chi connectivity index (χ4n) is 1.38. The van der Waals surface area contributed by atoms with E-state index < -0.39 is 0 Å². The standard InChI is InChI=1S/C13H22N4O2/c1-3-18-9-7-16-13(14-2)17-8-10-19-12-5-4-6-15-11-12/h4-6,11H,3,7-10H2,1-2H3,(H2,14,16,17). The van der Waals surface area contributed by atoms with Gasteiger partial charge < -0.3 is 20.1 Å². The Labute approximate surface area is 114 Å². The van der Waals surface area contributed by atoms with E-state index in [-0.39, 0.29) is 0 Å². The lowest BCUT2D eigenvalue weighted by Crippen LogP contribution is -2.40. The average molecular weight is 266 g/mol. The minimum absolute atomic E-state index is 0.553. The topological polar surface area (TPSA) is 67.8 Å². The van der Waals surface area contributed by atoms with Gasteiger partial charge in [-0.15, -0.1) is 0 Å². The highest BCUT2D eigenvalue weighted by Crippen LogP contribution is 2.04. The molecule has 0 saturated carbocycles. The summed E-state index contributed by atoms with van der Waals surface area (Å²) < 4.78 is 10.7. The first-order valence-electron chi connectivity index (χ1n) is 6.42. The third kappa shape index (κ3) is 7.25. The first-order chi connectivity index (χ1) is 9.36. The highest BCUT2D eigenvalue weighted by Gasteiger charge is 1.97. The molecule has 0 aromatic carbocycles. The van der Waals surface area contributed by atoms with Gasteiger partial charge >= 0.3 is 0 Å². The number of hydrogen-bond donors (Lipinski definition) is 2. The van der Waals surface area contributed by atoms with E-state index in [9.17, 15) is 0 Å². The summed E-state index contributed by atoms with van der Waals surface area (Å²) >= 11 is 0. The van der Waals surface area contributed by atoms with Gasteiger partial charge in [-0.05, 0) is 19.1 Å². The summed E-state index contributed by atoms with van der Waals surface area (Å²) in [4.78, 5) is 8.08. The van der Waals surface area contributed by atoms with Crippen molar-refractivity contribution in [3.8, 4) is 5.75 Å². The normalized spacial score (nSPS) is 11.2. The maximum absolute atomic E-state index is 5.51. The number of nitrogens with one attached hydrogen (secondary N) is 2. The molecular weight excluding hydrogens is 244 g/mol. The largest absolute Gasteiger partial charge is 0.490 e. The molecule has 19 heavy (non-hydrogen) atoms. The van der Waals surface area contributed by atoms with Crippen LogP contribution in [0.15, 0.2) is 29.5 Å². The zero-order valence-electron chi connectivity index (χ0n) is 11.6. The molecule has 0 radical (unpaired) electrons. The Morgan fingerprint density at radius 2 is 2.11 bits per heavy atom. The lowest BCUT2D eigenvalue weighted by Gasteiger charge is -2.12. The van der Waals surface area contributed by atoms with Gasteiger partial charge in [0.25, 0.3) is 0 Å². The zero-order valence-corrected chi connectivity index (χ0v) is 11.6. The number of ether oxygens (including phenoxy) is 2. The van der Waals surface area contributed by atoms with Crippen LogP contribution in [0, 0.1) is 0 Å². The highest BCUT2D eigenvalue weighted by atomic mass is 16.5. The Morgan fingerprint density at radius 3 is 2.74 bits per heavy atom. The van der Waals surface area contributed by atoms with Crippen molar-refractivity contribution in [2.24, 2.45) is 4.99 Å². The number of rotatable bonds is 8. The molecule has 1 rings (SSSR count). The predicted octanol–water partition coefficient (Wildman–Crippen LogP) is 0.662. The molecule has 0 aliphatic heterocycles. The second kappa shape index (κ2) is 10.1. The molecule has 1 heterocycles. The van der Waals surface area contributed by atoms with Crippen LogP contribution in [0.3, 0.4) is 0 Å². The molecule has 0 atom stereocenters. The Hall–Kier alpha value is -1.82. The summed E-state index contributed by atoms with van der Waals surface area (Å²) in [6, 6.07) is 3.72. The van der Waals surface area contributed by atoms with Crippen molar-refractivity contribution in [2.75, 3.05) is 40.0 Å². The Morgan fingerprint density at radius 1 is 1.32 bits per heavy atom. The van der Waals surface area contributed by atoms with Gasteiger partial charge in [0, 0.05) is 26.4 Å². The maximum atomic E-state index is 5.51. The van der Waals surface area contributed by atoms with Crippen LogP contribution in [-0.2, 0) is 4.74 Å². The molecule has 0 aliphatic rings. The van der Waals surface area contributed by atoms with E-state index in [4.69, 9.17) is 9.47 Å². The summed E-state index contributed by atoms with van der Waals surface area (Å²) in [5, 5.41) is 6.30. The average Bonchev–Trinajstić information content (AvgIpc) is 2.46. The lowest BCUT2D eigenvalue weighted by atomic mass is 10.5. The van der Waals surface area contributed by atoms with E-state index in [0.717, 1.165) is 24.9 Å². The molecule has 6 heteroatoms. The van der Waals surface area contributed by atoms with Gasteiger partial charge in [0.15, 0.2) is 5.96 Å². The lowest BCUT2D eigenvalue weighted by molar-refractivity contribution is 0.152.